The van der Waals surface area contributed by atoms with Crippen LogP contribution >= 0.6 is 11.8 Å². The van der Waals surface area contributed by atoms with Crippen molar-refractivity contribution in [2.75, 3.05) is 12.9 Å². The maximum atomic E-state index is 12.5. The lowest BCUT2D eigenvalue weighted by molar-refractivity contribution is -0.119. The summed E-state index contributed by atoms with van der Waals surface area (Å²) in [6.45, 7) is 1.85. The number of nitrogens with zero attached hydrogens (tertiary/aromatic N) is 3. The van der Waals surface area contributed by atoms with Crippen LogP contribution in [0.2, 0.25) is 0 Å². The molecule has 0 aliphatic heterocycles. The van der Waals surface area contributed by atoms with Crippen LogP contribution in [0.5, 0.6) is 5.75 Å². The molecule has 8 nitrogen and oxygen atoms in total. The molecule has 29 heavy (non-hydrogen) atoms. The molecular weight excluding hydrogens is 390 g/mol. The van der Waals surface area contributed by atoms with Crippen molar-refractivity contribution in [3.63, 3.8) is 0 Å². The average molecular weight is 418 g/mol. The molecule has 9 heteroatoms. The lowest BCUT2D eigenvalue weighted by Gasteiger charge is -2.14. The molecule has 1 aliphatic carbocycles. The summed E-state index contributed by atoms with van der Waals surface area (Å²) in [6.07, 6.45) is 4.50. The maximum Gasteiger partial charge on any atom is 0.251 e. The molecule has 0 spiro atoms. The molecule has 2 amide bonds. The topological polar surface area (TPSA) is 98.1 Å². The van der Waals surface area contributed by atoms with Crippen LogP contribution in [0.4, 0.5) is 0 Å². The van der Waals surface area contributed by atoms with Gasteiger partial charge in [-0.2, -0.15) is 0 Å². The van der Waals surface area contributed by atoms with Crippen LogP contribution in [0, 0.1) is 0 Å². The average Bonchev–Trinajstić information content (AvgIpc) is 3.36. The van der Waals surface area contributed by atoms with Gasteiger partial charge in [-0.3, -0.25) is 9.59 Å². The molecule has 1 atom stereocenters. The first kappa shape index (κ1) is 21.2. The van der Waals surface area contributed by atoms with Crippen LogP contribution in [-0.4, -0.2) is 45.5 Å². The minimum Gasteiger partial charge on any atom is -0.497 e. The number of thioether (sulfide) groups is 1. The Morgan fingerprint density at radius 3 is 2.59 bits per heavy atom. The number of methoxy groups -OCH3 is 1. The Morgan fingerprint density at radius 1 is 1.24 bits per heavy atom. The van der Waals surface area contributed by atoms with Gasteiger partial charge in [0, 0.05) is 18.7 Å². The zero-order valence-corrected chi connectivity index (χ0v) is 17.8. The molecule has 1 aliphatic rings. The van der Waals surface area contributed by atoms with E-state index in [0.717, 1.165) is 12.8 Å². The highest BCUT2D eigenvalue weighted by Crippen LogP contribution is 2.21. The number of rotatable bonds is 8. The minimum atomic E-state index is -0.330. The van der Waals surface area contributed by atoms with Crippen molar-refractivity contribution in [2.24, 2.45) is 7.05 Å². The molecule has 0 unspecified atom stereocenters. The third kappa shape index (κ3) is 5.50. The Labute approximate surface area is 174 Å². The molecule has 1 aromatic carbocycles. The number of aromatic nitrogens is 3. The van der Waals surface area contributed by atoms with Crippen molar-refractivity contribution in [2.45, 2.75) is 49.8 Å². The van der Waals surface area contributed by atoms with Gasteiger partial charge in [0.05, 0.1) is 18.9 Å². The number of ether oxygens (including phenoxy) is 1. The highest BCUT2D eigenvalue weighted by atomic mass is 32.2. The van der Waals surface area contributed by atoms with E-state index >= 15 is 0 Å². The molecule has 1 fully saturated rings. The van der Waals surface area contributed by atoms with Gasteiger partial charge >= 0.3 is 0 Å². The summed E-state index contributed by atoms with van der Waals surface area (Å²) in [5.74, 6) is 1.45. The molecule has 2 aromatic rings. The van der Waals surface area contributed by atoms with Crippen LogP contribution in [0.3, 0.4) is 0 Å². The standard InChI is InChI=1S/C20H27N5O3S/c1-13(21-19(27)14-8-10-16(28-3)11-9-14)18-23-24-20(25(18)2)29-12-17(26)22-15-6-4-5-7-15/h8-11,13,15H,4-7,12H2,1-3H3,(H,21,27)(H,22,26)/t13-/m0/s1. The highest BCUT2D eigenvalue weighted by molar-refractivity contribution is 7.99. The maximum absolute atomic E-state index is 12.5. The fraction of sp³-hybridized carbons (Fsp3) is 0.500. The molecule has 3 rings (SSSR count). The Bertz CT molecular complexity index is 846. The molecule has 1 saturated carbocycles. The summed E-state index contributed by atoms with van der Waals surface area (Å²) in [5, 5.41) is 15.0. The summed E-state index contributed by atoms with van der Waals surface area (Å²) in [4.78, 5) is 24.6. The van der Waals surface area contributed by atoms with Crippen LogP contribution in [0.25, 0.3) is 0 Å². The van der Waals surface area contributed by atoms with E-state index in [4.69, 9.17) is 4.74 Å². The molecule has 0 bridgehead atoms. The smallest absolute Gasteiger partial charge is 0.251 e. The Morgan fingerprint density at radius 2 is 1.93 bits per heavy atom. The highest BCUT2D eigenvalue weighted by Gasteiger charge is 2.20. The van der Waals surface area contributed by atoms with E-state index in [9.17, 15) is 9.59 Å². The summed E-state index contributed by atoms with van der Waals surface area (Å²) < 4.78 is 6.92. The van der Waals surface area contributed by atoms with E-state index in [-0.39, 0.29) is 17.9 Å². The first-order valence-corrected chi connectivity index (χ1v) is 10.7. The minimum absolute atomic E-state index is 0.0207. The van der Waals surface area contributed by atoms with Crippen LogP contribution in [0.15, 0.2) is 29.4 Å². The SMILES string of the molecule is COc1ccc(C(=O)N[C@@H](C)c2nnc(SCC(=O)NC3CCCC3)n2C)cc1. The first-order chi connectivity index (χ1) is 14.0. The molecule has 0 saturated heterocycles. The van der Waals surface area contributed by atoms with Crippen LogP contribution in [-0.2, 0) is 11.8 Å². The van der Waals surface area contributed by atoms with E-state index < -0.39 is 0 Å². The van der Waals surface area contributed by atoms with E-state index in [1.54, 1.807) is 31.4 Å². The molecule has 1 heterocycles. The van der Waals surface area contributed by atoms with Crippen molar-refractivity contribution in [3.05, 3.63) is 35.7 Å². The number of carbonyl (C=O) groups excluding carboxylic acids is 2. The van der Waals surface area contributed by atoms with E-state index in [2.05, 4.69) is 20.8 Å². The van der Waals surface area contributed by atoms with Gasteiger partial charge in [0.1, 0.15) is 5.75 Å². The number of hydrogen-bond acceptors (Lipinski definition) is 6. The van der Waals surface area contributed by atoms with E-state index in [1.165, 1.54) is 24.6 Å². The van der Waals surface area contributed by atoms with Crippen molar-refractivity contribution in [3.8, 4) is 5.75 Å². The van der Waals surface area contributed by atoms with Gasteiger partial charge in [-0.1, -0.05) is 24.6 Å². The molecular formula is C20H27N5O3S. The first-order valence-electron chi connectivity index (χ1n) is 9.74. The zero-order chi connectivity index (χ0) is 20.8. The van der Waals surface area contributed by atoms with Crippen molar-refractivity contribution >= 4 is 23.6 Å². The summed E-state index contributed by atoms with van der Waals surface area (Å²) in [5.41, 5.74) is 0.540. The lowest BCUT2D eigenvalue weighted by atomic mass is 10.2. The number of nitrogens with one attached hydrogen (secondary N) is 2. The summed E-state index contributed by atoms with van der Waals surface area (Å²) in [6, 6.07) is 6.89. The van der Waals surface area contributed by atoms with Gasteiger partial charge in [0.2, 0.25) is 5.91 Å². The predicted octanol–water partition coefficient (Wildman–Crippen LogP) is 2.47. The third-order valence-corrected chi connectivity index (χ3v) is 6.03. The van der Waals surface area contributed by atoms with Gasteiger partial charge < -0.3 is 19.9 Å². The molecule has 1 aromatic heterocycles. The number of amides is 2. The second kappa shape index (κ2) is 9.78. The largest absolute Gasteiger partial charge is 0.497 e. The van der Waals surface area contributed by atoms with Gasteiger partial charge in [-0.05, 0) is 44.0 Å². The van der Waals surface area contributed by atoms with Crippen molar-refractivity contribution in [1.29, 1.82) is 0 Å². The van der Waals surface area contributed by atoms with Gasteiger partial charge in [-0.25, -0.2) is 0 Å². The third-order valence-electron chi connectivity index (χ3n) is 5.01. The van der Waals surface area contributed by atoms with Crippen LogP contribution < -0.4 is 15.4 Å². The normalized spacial score (nSPS) is 15.1. The van der Waals surface area contributed by atoms with E-state index in [0.29, 0.717) is 34.1 Å². The quantitative estimate of drug-likeness (QED) is 0.641. The number of benzene rings is 1. The van der Waals surface area contributed by atoms with Crippen LogP contribution in [0.1, 0.15) is 54.8 Å². The Hall–Kier alpha value is -2.55. The fourth-order valence-electron chi connectivity index (χ4n) is 3.39. The molecule has 0 radical (unpaired) electrons. The summed E-state index contributed by atoms with van der Waals surface area (Å²) >= 11 is 1.35. The van der Waals surface area contributed by atoms with Gasteiger partial charge in [0.15, 0.2) is 11.0 Å². The second-order valence-electron chi connectivity index (χ2n) is 7.16. The van der Waals surface area contributed by atoms with Crippen molar-refractivity contribution < 1.29 is 14.3 Å². The Balaban J connectivity index is 1.54. The predicted molar refractivity (Wildman–Crippen MR) is 111 cm³/mol. The summed E-state index contributed by atoms with van der Waals surface area (Å²) in [7, 11) is 3.42. The van der Waals surface area contributed by atoms with Gasteiger partial charge in [-0.15, -0.1) is 10.2 Å². The number of hydrogen-bond donors (Lipinski definition) is 2. The molecule has 156 valence electrons. The monoisotopic (exact) mass is 417 g/mol. The van der Waals surface area contributed by atoms with Gasteiger partial charge in [0.25, 0.3) is 5.91 Å². The Kier molecular flexibility index (Phi) is 7.13. The zero-order valence-electron chi connectivity index (χ0n) is 17.0. The number of carbonyl (C=O) groups is 2. The lowest BCUT2D eigenvalue weighted by Crippen LogP contribution is -2.33. The van der Waals surface area contributed by atoms with Crippen molar-refractivity contribution in [1.82, 2.24) is 25.4 Å². The van der Waals surface area contributed by atoms with E-state index in [1.807, 2.05) is 18.5 Å². The molecule has 2 N–H and O–H groups in total. The fourth-order valence-corrected chi connectivity index (χ4v) is 4.11. The second-order valence-corrected chi connectivity index (χ2v) is 8.10.